The van der Waals surface area contributed by atoms with Crippen LogP contribution >= 0.6 is 0 Å². The lowest BCUT2D eigenvalue weighted by Crippen LogP contribution is -2.58. The van der Waals surface area contributed by atoms with E-state index in [0.29, 0.717) is 19.5 Å². The summed E-state index contributed by atoms with van der Waals surface area (Å²) in [6.07, 6.45) is 11.6. The molecular formula is C22H36N4O2. The fourth-order valence-electron chi connectivity index (χ4n) is 5.07. The number of nitrogens with zero attached hydrogens (tertiary/aromatic N) is 3. The Hall–Kier alpha value is -1.61. The SMILES string of the molecule is CC(C(=O)NC1(C#N)CCCCC1)N1CCN(C(=O)CCC2CCCC2)CC1. The Morgan fingerprint density at radius 1 is 1.07 bits per heavy atom. The minimum absolute atomic E-state index is 0.0514. The molecular weight excluding hydrogens is 352 g/mol. The largest absolute Gasteiger partial charge is 0.340 e. The number of nitrogens with one attached hydrogen (secondary N) is 1. The lowest BCUT2D eigenvalue weighted by Gasteiger charge is -2.39. The fraction of sp³-hybridized carbons (Fsp3) is 0.864. The van der Waals surface area contributed by atoms with Crippen LogP contribution in [-0.4, -0.2) is 59.4 Å². The van der Waals surface area contributed by atoms with Crippen LogP contribution in [0.2, 0.25) is 0 Å². The molecule has 1 N–H and O–H groups in total. The molecule has 0 radical (unpaired) electrons. The van der Waals surface area contributed by atoms with Crippen LogP contribution < -0.4 is 5.32 Å². The Balaban J connectivity index is 1.42. The Labute approximate surface area is 169 Å². The first kappa shape index (κ1) is 21.1. The maximum absolute atomic E-state index is 12.8. The summed E-state index contributed by atoms with van der Waals surface area (Å²) in [5.41, 5.74) is -0.679. The summed E-state index contributed by atoms with van der Waals surface area (Å²) in [6.45, 7) is 4.77. The predicted molar refractivity (Wildman–Crippen MR) is 108 cm³/mol. The van der Waals surface area contributed by atoms with Crippen molar-refractivity contribution >= 4 is 11.8 Å². The third-order valence-corrected chi connectivity index (χ3v) is 7.12. The van der Waals surface area contributed by atoms with Gasteiger partial charge in [0.15, 0.2) is 0 Å². The monoisotopic (exact) mass is 388 g/mol. The summed E-state index contributed by atoms with van der Waals surface area (Å²) in [4.78, 5) is 29.4. The zero-order valence-corrected chi connectivity index (χ0v) is 17.4. The second-order valence-corrected chi connectivity index (χ2v) is 9.03. The van der Waals surface area contributed by atoms with Gasteiger partial charge >= 0.3 is 0 Å². The minimum atomic E-state index is -0.679. The summed E-state index contributed by atoms with van der Waals surface area (Å²) in [7, 11) is 0. The molecule has 156 valence electrons. The molecule has 0 bridgehead atoms. The Bertz CT molecular complexity index is 580. The van der Waals surface area contributed by atoms with Crippen LogP contribution in [0, 0.1) is 17.2 Å². The van der Waals surface area contributed by atoms with Crippen molar-refractivity contribution in [1.82, 2.24) is 15.1 Å². The van der Waals surface area contributed by atoms with E-state index in [0.717, 1.165) is 57.5 Å². The van der Waals surface area contributed by atoms with Crippen molar-refractivity contribution in [2.45, 2.75) is 89.1 Å². The zero-order valence-electron chi connectivity index (χ0n) is 17.4. The normalized spacial score (nSPS) is 24.5. The molecule has 6 nitrogen and oxygen atoms in total. The lowest BCUT2D eigenvalue weighted by atomic mass is 9.82. The highest BCUT2D eigenvalue weighted by atomic mass is 16.2. The van der Waals surface area contributed by atoms with Gasteiger partial charge in [-0.15, -0.1) is 0 Å². The van der Waals surface area contributed by atoms with Crippen LogP contribution in [0.25, 0.3) is 0 Å². The van der Waals surface area contributed by atoms with Crippen molar-refractivity contribution in [1.29, 1.82) is 5.26 Å². The van der Waals surface area contributed by atoms with Gasteiger partial charge in [-0.05, 0) is 32.1 Å². The highest BCUT2D eigenvalue weighted by Gasteiger charge is 2.36. The van der Waals surface area contributed by atoms with Gasteiger partial charge in [-0.2, -0.15) is 5.26 Å². The van der Waals surface area contributed by atoms with Gasteiger partial charge in [-0.1, -0.05) is 44.9 Å². The maximum Gasteiger partial charge on any atom is 0.238 e. The first-order valence-corrected chi connectivity index (χ1v) is 11.3. The van der Waals surface area contributed by atoms with E-state index in [-0.39, 0.29) is 17.9 Å². The minimum Gasteiger partial charge on any atom is -0.340 e. The molecule has 1 heterocycles. The second-order valence-electron chi connectivity index (χ2n) is 9.03. The van der Waals surface area contributed by atoms with Gasteiger partial charge < -0.3 is 10.2 Å². The van der Waals surface area contributed by atoms with Crippen LogP contribution in [0.3, 0.4) is 0 Å². The molecule has 2 amide bonds. The maximum atomic E-state index is 12.8. The number of carbonyl (C=O) groups excluding carboxylic acids is 2. The molecule has 3 fully saturated rings. The number of hydrogen-bond donors (Lipinski definition) is 1. The summed E-state index contributed by atoms with van der Waals surface area (Å²) in [5.74, 6) is 0.972. The highest BCUT2D eigenvalue weighted by molar-refractivity contribution is 5.82. The average molecular weight is 389 g/mol. The van der Waals surface area contributed by atoms with Crippen LogP contribution in [0.1, 0.15) is 77.6 Å². The topological polar surface area (TPSA) is 76.4 Å². The third-order valence-electron chi connectivity index (χ3n) is 7.12. The number of amides is 2. The Kier molecular flexibility index (Phi) is 7.34. The first-order valence-electron chi connectivity index (χ1n) is 11.3. The van der Waals surface area contributed by atoms with Crippen LogP contribution in [0.4, 0.5) is 0 Å². The molecule has 3 rings (SSSR count). The zero-order chi connectivity index (χ0) is 20.0. The van der Waals surface area contributed by atoms with Gasteiger partial charge in [-0.25, -0.2) is 0 Å². The van der Waals surface area contributed by atoms with Crippen LogP contribution in [-0.2, 0) is 9.59 Å². The van der Waals surface area contributed by atoms with Gasteiger partial charge in [0.25, 0.3) is 0 Å². The predicted octanol–water partition coefficient (Wildman–Crippen LogP) is 2.83. The molecule has 28 heavy (non-hydrogen) atoms. The van der Waals surface area contributed by atoms with Crippen LogP contribution in [0.15, 0.2) is 0 Å². The summed E-state index contributed by atoms with van der Waals surface area (Å²) < 4.78 is 0. The number of hydrogen-bond acceptors (Lipinski definition) is 4. The van der Waals surface area contributed by atoms with E-state index in [1.165, 1.54) is 25.7 Å². The molecule has 0 aromatic rings. The number of nitriles is 1. The molecule has 0 spiro atoms. The van der Waals surface area contributed by atoms with Gasteiger partial charge in [0.05, 0.1) is 12.1 Å². The molecule has 6 heteroatoms. The Morgan fingerprint density at radius 2 is 1.71 bits per heavy atom. The van der Waals surface area contributed by atoms with E-state index < -0.39 is 5.54 Å². The van der Waals surface area contributed by atoms with Crippen molar-refractivity contribution in [3.8, 4) is 6.07 Å². The van der Waals surface area contributed by atoms with E-state index in [9.17, 15) is 14.9 Å². The van der Waals surface area contributed by atoms with Crippen molar-refractivity contribution < 1.29 is 9.59 Å². The number of carbonyl (C=O) groups is 2. The average Bonchev–Trinajstić information content (AvgIpc) is 3.26. The fourth-order valence-corrected chi connectivity index (χ4v) is 5.07. The van der Waals surface area contributed by atoms with Crippen molar-refractivity contribution in [2.24, 2.45) is 5.92 Å². The molecule has 1 unspecified atom stereocenters. The van der Waals surface area contributed by atoms with Crippen LogP contribution in [0.5, 0.6) is 0 Å². The molecule has 0 aromatic heterocycles. The molecule has 0 aromatic carbocycles. The summed E-state index contributed by atoms with van der Waals surface area (Å²) in [5, 5.41) is 12.6. The highest BCUT2D eigenvalue weighted by Crippen LogP contribution is 2.29. The molecule has 1 aliphatic heterocycles. The van der Waals surface area contributed by atoms with Gasteiger partial charge in [0.2, 0.25) is 11.8 Å². The van der Waals surface area contributed by atoms with E-state index in [1.54, 1.807) is 0 Å². The summed E-state index contributed by atoms with van der Waals surface area (Å²) >= 11 is 0. The van der Waals surface area contributed by atoms with Gasteiger partial charge in [-0.3, -0.25) is 14.5 Å². The van der Waals surface area contributed by atoms with E-state index >= 15 is 0 Å². The first-order chi connectivity index (χ1) is 13.5. The molecule has 3 aliphatic rings. The van der Waals surface area contributed by atoms with Crippen molar-refractivity contribution in [2.75, 3.05) is 26.2 Å². The second kappa shape index (κ2) is 9.73. The molecule has 2 aliphatic carbocycles. The smallest absolute Gasteiger partial charge is 0.238 e. The third kappa shape index (κ3) is 5.26. The Morgan fingerprint density at radius 3 is 2.32 bits per heavy atom. The van der Waals surface area contributed by atoms with E-state index in [4.69, 9.17) is 0 Å². The van der Waals surface area contributed by atoms with Crippen molar-refractivity contribution in [3.05, 3.63) is 0 Å². The van der Waals surface area contributed by atoms with E-state index in [2.05, 4.69) is 16.3 Å². The van der Waals surface area contributed by atoms with Gasteiger partial charge in [0.1, 0.15) is 5.54 Å². The lowest BCUT2D eigenvalue weighted by molar-refractivity contribution is -0.134. The molecule has 1 atom stereocenters. The standard InChI is InChI=1S/C22H36N4O2/c1-18(21(28)24-22(17-23)11-5-2-6-12-22)25-13-15-26(16-14-25)20(27)10-9-19-7-3-4-8-19/h18-19H,2-16H2,1H3,(H,24,28). The molecule has 1 saturated heterocycles. The summed E-state index contributed by atoms with van der Waals surface area (Å²) in [6, 6.07) is 2.10. The number of rotatable bonds is 6. The van der Waals surface area contributed by atoms with Crippen molar-refractivity contribution in [3.63, 3.8) is 0 Å². The number of piperazine rings is 1. The van der Waals surface area contributed by atoms with E-state index in [1.807, 2.05) is 11.8 Å². The van der Waals surface area contributed by atoms with Gasteiger partial charge in [0, 0.05) is 32.6 Å². The molecule has 2 saturated carbocycles. The quantitative estimate of drug-likeness (QED) is 0.759.